The molecule has 0 amide bonds. The number of ketones is 1. The maximum atomic E-state index is 13.3. The van der Waals surface area contributed by atoms with Crippen LogP contribution >= 0.6 is 11.3 Å². The van der Waals surface area contributed by atoms with Crippen LogP contribution in [0.15, 0.2) is 41.1 Å². The summed E-state index contributed by atoms with van der Waals surface area (Å²) in [7, 11) is 0. The summed E-state index contributed by atoms with van der Waals surface area (Å²) in [4.78, 5) is 23.6. The third kappa shape index (κ3) is 10.0. The smallest absolute Gasteiger partial charge is 0.184 e. The molecule has 0 saturated carbocycles. The molecule has 3 aromatic heterocycles. The van der Waals surface area contributed by atoms with E-state index in [0.717, 1.165) is 28.5 Å². The van der Waals surface area contributed by atoms with E-state index in [1.54, 1.807) is 12.5 Å². The quantitative estimate of drug-likeness (QED) is 0.129. The van der Waals surface area contributed by atoms with Gasteiger partial charge in [-0.25, -0.2) is 4.98 Å². The second-order valence-electron chi connectivity index (χ2n) is 11.4. The van der Waals surface area contributed by atoms with Crippen LogP contribution in [0.5, 0.6) is 0 Å². The highest BCUT2D eigenvalue weighted by molar-refractivity contribution is 7.19. The SMILES string of the molecule is CCCCCCCCCCCCCCCC(=O)c1cccnc1-c1sc(NC(C)(C)C)nc1-c1ccco1. The topological polar surface area (TPSA) is 68.0 Å². The van der Waals surface area contributed by atoms with Crippen LogP contribution in [0.3, 0.4) is 0 Å². The first-order valence-electron chi connectivity index (χ1n) is 14.7. The zero-order valence-electron chi connectivity index (χ0n) is 24.0. The summed E-state index contributed by atoms with van der Waals surface area (Å²) in [5, 5.41) is 4.25. The van der Waals surface area contributed by atoms with Gasteiger partial charge in [0.15, 0.2) is 16.7 Å². The first-order valence-corrected chi connectivity index (χ1v) is 15.5. The summed E-state index contributed by atoms with van der Waals surface area (Å²) in [5.74, 6) is 0.832. The third-order valence-corrected chi connectivity index (χ3v) is 7.67. The summed E-state index contributed by atoms with van der Waals surface area (Å²) in [6.07, 6.45) is 20.8. The summed E-state index contributed by atoms with van der Waals surface area (Å²) in [5.41, 5.74) is 1.95. The van der Waals surface area contributed by atoms with Crippen molar-refractivity contribution in [3.63, 3.8) is 0 Å². The molecule has 6 heteroatoms. The highest BCUT2D eigenvalue weighted by Crippen LogP contribution is 2.40. The number of carbonyl (C=O) groups is 1. The Bertz CT molecular complexity index is 1080. The second kappa shape index (κ2) is 15.8. The Kier molecular flexibility index (Phi) is 12.5. The minimum absolute atomic E-state index is 0.132. The average Bonchev–Trinajstić information content (AvgIpc) is 3.56. The van der Waals surface area contributed by atoms with Gasteiger partial charge in [0.05, 0.1) is 16.8 Å². The lowest BCUT2D eigenvalue weighted by atomic mass is 10.0. The molecule has 0 aliphatic rings. The molecule has 1 N–H and O–H groups in total. The number of aromatic nitrogens is 2. The molecular weight excluding hydrogens is 490 g/mol. The number of carbonyl (C=O) groups excluding carboxylic acids is 1. The fourth-order valence-corrected chi connectivity index (χ4v) is 5.87. The van der Waals surface area contributed by atoms with Crippen LogP contribution in [-0.2, 0) is 0 Å². The molecule has 208 valence electrons. The number of nitrogens with zero attached hydrogens (tertiary/aromatic N) is 2. The summed E-state index contributed by atoms with van der Waals surface area (Å²) >= 11 is 1.52. The Morgan fingerprint density at radius 1 is 0.868 bits per heavy atom. The molecule has 3 heterocycles. The normalized spacial score (nSPS) is 11.7. The number of rotatable bonds is 18. The third-order valence-electron chi connectivity index (χ3n) is 6.69. The Morgan fingerprint density at radius 3 is 2.08 bits per heavy atom. The molecule has 0 aromatic carbocycles. The van der Waals surface area contributed by atoms with Crippen LogP contribution in [0.1, 0.15) is 128 Å². The van der Waals surface area contributed by atoms with E-state index < -0.39 is 0 Å². The molecule has 0 atom stereocenters. The molecule has 0 bridgehead atoms. The van der Waals surface area contributed by atoms with Crippen molar-refractivity contribution in [1.29, 1.82) is 0 Å². The number of hydrogen-bond donors (Lipinski definition) is 1. The Balaban J connectivity index is 1.51. The molecule has 0 fully saturated rings. The Labute approximate surface area is 233 Å². The molecular formula is C32H47N3O2S. The van der Waals surface area contributed by atoms with Gasteiger partial charge in [-0.2, -0.15) is 0 Å². The lowest BCUT2D eigenvalue weighted by Gasteiger charge is -2.19. The van der Waals surface area contributed by atoms with Crippen LogP contribution in [0, 0.1) is 0 Å². The molecule has 0 unspecified atom stereocenters. The van der Waals surface area contributed by atoms with E-state index in [1.165, 1.54) is 82.0 Å². The molecule has 0 spiro atoms. The maximum absolute atomic E-state index is 13.3. The first kappa shape index (κ1) is 30.1. The van der Waals surface area contributed by atoms with Crippen molar-refractivity contribution in [1.82, 2.24) is 9.97 Å². The highest BCUT2D eigenvalue weighted by atomic mass is 32.1. The molecule has 0 aliphatic heterocycles. The number of pyridine rings is 1. The van der Waals surface area contributed by atoms with Gasteiger partial charge in [0.25, 0.3) is 0 Å². The van der Waals surface area contributed by atoms with Gasteiger partial charge < -0.3 is 9.73 Å². The molecule has 0 saturated heterocycles. The van der Waals surface area contributed by atoms with Gasteiger partial charge in [-0.1, -0.05) is 95.3 Å². The number of furan rings is 1. The lowest BCUT2D eigenvalue weighted by molar-refractivity contribution is 0.0979. The second-order valence-corrected chi connectivity index (χ2v) is 12.4. The van der Waals surface area contributed by atoms with Gasteiger partial charge in [0.2, 0.25) is 0 Å². The molecule has 0 aliphatic carbocycles. The number of hydrogen-bond acceptors (Lipinski definition) is 6. The van der Waals surface area contributed by atoms with Gasteiger partial charge in [-0.3, -0.25) is 9.78 Å². The van der Waals surface area contributed by atoms with Crippen molar-refractivity contribution in [2.75, 3.05) is 5.32 Å². The fourth-order valence-electron chi connectivity index (χ4n) is 4.68. The zero-order chi connectivity index (χ0) is 27.2. The zero-order valence-corrected chi connectivity index (χ0v) is 24.8. The Morgan fingerprint density at radius 2 is 1.50 bits per heavy atom. The summed E-state index contributed by atoms with van der Waals surface area (Å²) in [6.45, 7) is 8.58. The number of unbranched alkanes of at least 4 members (excludes halogenated alkanes) is 12. The van der Waals surface area contributed by atoms with Gasteiger partial charge in [0.1, 0.15) is 5.69 Å². The van der Waals surface area contributed by atoms with Crippen molar-refractivity contribution in [2.24, 2.45) is 0 Å². The van der Waals surface area contributed by atoms with Crippen molar-refractivity contribution in [2.45, 2.75) is 123 Å². The molecule has 5 nitrogen and oxygen atoms in total. The predicted octanol–water partition coefficient (Wildman–Crippen LogP) is 10.3. The van der Waals surface area contributed by atoms with Gasteiger partial charge in [-0.05, 0) is 51.5 Å². The van der Waals surface area contributed by atoms with Crippen molar-refractivity contribution in [3.05, 3.63) is 42.3 Å². The van der Waals surface area contributed by atoms with Crippen LogP contribution < -0.4 is 5.32 Å². The van der Waals surface area contributed by atoms with Gasteiger partial charge in [0, 0.05) is 23.7 Å². The highest BCUT2D eigenvalue weighted by Gasteiger charge is 2.24. The van der Waals surface area contributed by atoms with E-state index in [0.29, 0.717) is 23.4 Å². The number of thiazole rings is 1. The minimum Gasteiger partial charge on any atom is -0.463 e. The van der Waals surface area contributed by atoms with Crippen molar-refractivity contribution >= 4 is 22.3 Å². The molecule has 3 rings (SSSR count). The van der Waals surface area contributed by atoms with Gasteiger partial charge in [-0.15, -0.1) is 0 Å². The Hall–Kier alpha value is -2.47. The van der Waals surface area contributed by atoms with E-state index in [4.69, 9.17) is 9.40 Å². The van der Waals surface area contributed by atoms with Crippen LogP contribution in [0.2, 0.25) is 0 Å². The first-order chi connectivity index (χ1) is 18.4. The number of Topliss-reactive ketones (excluding diaryl/α,β-unsaturated/α-hetero) is 1. The van der Waals surface area contributed by atoms with Crippen LogP contribution in [0.25, 0.3) is 22.0 Å². The maximum Gasteiger partial charge on any atom is 0.184 e. The van der Waals surface area contributed by atoms with E-state index in [1.807, 2.05) is 24.3 Å². The van der Waals surface area contributed by atoms with Crippen LogP contribution in [0.4, 0.5) is 5.13 Å². The lowest BCUT2D eigenvalue weighted by Crippen LogP contribution is -2.25. The number of nitrogens with one attached hydrogen (secondary N) is 1. The average molecular weight is 538 g/mol. The molecule has 0 radical (unpaired) electrons. The van der Waals surface area contributed by atoms with Gasteiger partial charge >= 0.3 is 0 Å². The van der Waals surface area contributed by atoms with Crippen molar-refractivity contribution in [3.8, 4) is 22.0 Å². The standard InChI is InChI=1S/C32H47N3O2S/c1-5-6-7-8-9-10-11-12-13-14-15-16-17-21-26(36)25-20-18-23-33-28(25)30-29(27-22-19-24-37-27)34-31(38-30)35-32(2,3)4/h18-20,22-24H,5-17,21H2,1-4H3,(H,34,35). The molecule has 3 aromatic rings. The summed E-state index contributed by atoms with van der Waals surface area (Å²) in [6, 6.07) is 7.50. The van der Waals surface area contributed by atoms with E-state index in [-0.39, 0.29) is 11.3 Å². The predicted molar refractivity (Wildman–Crippen MR) is 161 cm³/mol. The van der Waals surface area contributed by atoms with E-state index in [9.17, 15) is 4.79 Å². The summed E-state index contributed by atoms with van der Waals surface area (Å²) < 4.78 is 5.68. The minimum atomic E-state index is -0.132. The van der Waals surface area contributed by atoms with Crippen molar-refractivity contribution < 1.29 is 9.21 Å². The number of anilines is 1. The molecule has 38 heavy (non-hydrogen) atoms. The van der Waals surface area contributed by atoms with E-state index in [2.05, 4.69) is 38.0 Å². The van der Waals surface area contributed by atoms with E-state index >= 15 is 0 Å². The fraction of sp³-hybridized carbons (Fsp3) is 0.594. The van der Waals surface area contributed by atoms with Crippen LogP contribution in [-0.4, -0.2) is 21.3 Å². The largest absolute Gasteiger partial charge is 0.463 e. The monoisotopic (exact) mass is 537 g/mol.